The third-order valence-electron chi connectivity index (χ3n) is 2.36. The SMILES string of the molecule is CC(C)(C)N(CCC(=O)O)C(=O)CCSCC(N)=O. The number of nitrogens with zero attached hydrogens (tertiary/aromatic N) is 1. The van der Waals surface area contributed by atoms with E-state index in [-0.39, 0.29) is 31.0 Å². The molecule has 0 aliphatic heterocycles. The third kappa shape index (κ3) is 8.47. The minimum Gasteiger partial charge on any atom is -0.481 e. The highest BCUT2D eigenvalue weighted by molar-refractivity contribution is 7.99. The molecule has 0 saturated heterocycles. The molecule has 0 rings (SSSR count). The summed E-state index contributed by atoms with van der Waals surface area (Å²) in [5.41, 5.74) is 4.58. The van der Waals surface area contributed by atoms with Gasteiger partial charge in [-0.1, -0.05) is 0 Å². The van der Waals surface area contributed by atoms with Crippen LogP contribution in [0.2, 0.25) is 0 Å². The summed E-state index contributed by atoms with van der Waals surface area (Å²) in [5, 5.41) is 8.69. The number of hydrogen-bond donors (Lipinski definition) is 2. The average molecular weight is 290 g/mol. The first kappa shape index (κ1) is 17.8. The van der Waals surface area contributed by atoms with Crippen molar-refractivity contribution in [2.45, 2.75) is 39.2 Å². The molecule has 3 N–H and O–H groups in total. The Hall–Kier alpha value is -1.24. The van der Waals surface area contributed by atoms with Crippen molar-refractivity contribution in [1.29, 1.82) is 0 Å². The fourth-order valence-electron chi connectivity index (χ4n) is 1.51. The number of carbonyl (C=O) groups excluding carboxylic acids is 2. The zero-order valence-electron chi connectivity index (χ0n) is 11.6. The van der Waals surface area contributed by atoms with Crippen LogP contribution in [0.25, 0.3) is 0 Å². The molecule has 0 spiro atoms. The van der Waals surface area contributed by atoms with E-state index in [4.69, 9.17) is 10.8 Å². The summed E-state index contributed by atoms with van der Waals surface area (Å²) in [5.74, 6) is -0.744. The Morgan fingerprint density at radius 1 is 1.21 bits per heavy atom. The van der Waals surface area contributed by atoms with Crippen molar-refractivity contribution >= 4 is 29.5 Å². The minimum atomic E-state index is -0.926. The molecule has 0 saturated carbocycles. The van der Waals surface area contributed by atoms with Crippen LogP contribution >= 0.6 is 11.8 Å². The summed E-state index contributed by atoms with van der Waals surface area (Å²) < 4.78 is 0. The van der Waals surface area contributed by atoms with Gasteiger partial charge in [0.25, 0.3) is 0 Å². The molecule has 6 nitrogen and oxygen atoms in total. The number of primary amides is 1. The number of aliphatic carboxylic acids is 1. The first-order chi connectivity index (χ1) is 8.64. The Kier molecular flexibility index (Phi) is 7.51. The van der Waals surface area contributed by atoms with Crippen molar-refractivity contribution in [2.75, 3.05) is 18.1 Å². The highest BCUT2D eigenvalue weighted by Gasteiger charge is 2.26. The summed E-state index contributed by atoms with van der Waals surface area (Å²) in [7, 11) is 0. The van der Waals surface area contributed by atoms with Crippen molar-refractivity contribution in [1.82, 2.24) is 4.90 Å². The van der Waals surface area contributed by atoms with Gasteiger partial charge < -0.3 is 15.7 Å². The van der Waals surface area contributed by atoms with Crippen LogP contribution in [0.5, 0.6) is 0 Å². The number of nitrogens with two attached hydrogens (primary N) is 1. The maximum atomic E-state index is 12.1. The molecule has 0 aliphatic carbocycles. The van der Waals surface area contributed by atoms with Gasteiger partial charge in [-0.3, -0.25) is 14.4 Å². The van der Waals surface area contributed by atoms with Gasteiger partial charge >= 0.3 is 5.97 Å². The van der Waals surface area contributed by atoms with Crippen molar-refractivity contribution < 1.29 is 19.5 Å². The van der Waals surface area contributed by atoms with Crippen molar-refractivity contribution in [2.24, 2.45) is 5.73 Å². The van der Waals surface area contributed by atoms with Crippen LogP contribution in [0.3, 0.4) is 0 Å². The van der Waals surface area contributed by atoms with Crippen LogP contribution in [0, 0.1) is 0 Å². The van der Waals surface area contributed by atoms with Crippen molar-refractivity contribution in [3.8, 4) is 0 Å². The second kappa shape index (κ2) is 8.04. The number of carboxylic acid groups (broad SMARTS) is 1. The predicted molar refractivity (Wildman–Crippen MR) is 74.9 cm³/mol. The Labute approximate surface area is 117 Å². The molecule has 0 fully saturated rings. The third-order valence-corrected chi connectivity index (χ3v) is 3.35. The van der Waals surface area contributed by atoms with E-state index in [1.807, 2.05) is 20.8 Å². The van der Waals surface area contributed by atoms with E-state index in [1.165, 1.54) is 11.8 Å². The van der Waals surface area contributed by atoms with Crippen LogP contribution in [0.15, 0.2) is 0 Å². The van der Waals surface area contributed by atoms with Crippen LogP contribution < -0.4 is 5.73 Å². The van der Waals surface area contributed by atoms with Crippen LogP contribution in [0.4, 0.5) is 0 Å². The number of amides is 2. The summed E-state index contributed by atoms with van der Waals surface area (Å²) in [6, 6.07) is 0. The fraction of sp³-hybridized carbons (Fsp3) is 0.750. The Balaban J connectivity index is 4.31. The fourth-order valence-corrected chi connectivity index (χ4v) is 2.17. The van der Waals surface area contributed by atoms with Crippen molar-refractivity contribution in [3.05, 3.63) is 0 Å². The van der Waals surface area contributed by atoms with E-state index in [1.54, 1.807) is 4.90 Å². The number of carbonyl (C=O) groups is 3. The predicted octanol–water partition coefficient (Wildman–Crippen LogP) is 0.697. The van der Waals surface area contributed by atoms with E-state index in [9.17, 15) is 14.4 Å². The molecule has 2 amide bonds. The molecule has 0 heterocycles. The Morgan fingerprint density at radius 3 is 2.21 bits per heavy atom. The molecule has 0 aliphatic rings. The smallest absolute Gasteiger partial charge is 0.305 e. The van der Waals surface area contributed by atoms with Gasteiger partial charge in [0, 0.05) is 24.3 Å². The number of carboxylic acids is 1. The van der Waals surface area contributed by atoms with Crippen LogP contribution in [-0.4, -0.2) is 51.4 Å². The van der Waals surface area contributed by atoms with E-state index < -0.39 is 17.4 Å². The zero-order valence-corrected chi connectivity index (χ0v) is 12.5. The molecule has 7 heteroatoms. The molecule has 0 unspecified atom stereocenters. The molecule has 0 aromatic rings. The largest absolute Gasteiger partial charge is 0.481 e. The number of rotatable bonds is 8. The first-order valence-electron chi connectivity index (χ1n) is 6.03. The summed E-state index contributed by atoms with van der Waals surface area (Å²) in [6.45, 7) is 5.79. The highest BCUT2D eigenvalue weighted by Crippen LogP contribution is 2.16. The molecule has 0 atom stereocenters. The Morgan fingerprint density at radius 2 is 1.79 bits per heavy atom. The maximum Gasteiger partial charge on any atom is 0.305 e. The van der Waals surface area contributed by atoms with Gasteiger partial charge in [0.1, 0.15) is 0 Å². The highest BCUT2D eigenvalue weighted by atomic mass is 32.2. The van der Waals surface area contributed by atoms with Crippen LogP contribution in [-0.2, 0) is 14.4 Å². The summed E-state index contributed by atoms with van der Waals surface area (Å²) >= 11 is 1.30. The summed E-state index contributed by atoms with van der Waals surface area (Å²) in [4.78, 5) is 34.8. The molecule has 19 heavy (non-hydrogen) atoms. The second-order valence-corrected chi connectivity index (χ2v) is 6.23. The minimum absolute atomic E-state index is 0.0720. The van der Waals surface area contributed by atoms with Gasteiger partial charge in [-0.2, -0.15) is 11.8 Å². The van der Waals surface area contributed by atoms with Gasteiger partial charge in [0.15, 0.2) is 0 Å². The lowest BCUT2D eigenvalue weighted by atomic mass is 10.0. The monoisotopic (exact) mass is 290 g/mol. The quantitative estimate of drug-likeness (QED) is 0.641. The van der Waals surface area contributed by atoms with Gasteiger partial charge in [-0.15, -0.1) is 0 Å². The molecule has 0 bridgehead atoms. The topological polar surface area (TPSA) is 101 Å². The van der Waals surface area contributed by atoms with Crippen molar-refractivity contribution in [3.63, 3.8) is 0 Å². The van der Waals surface area contributed by atoms with Gasteiger partial charge in [-0.25, -0.2) is 0 Å². The lowest BCUT2D eigenvalue weighted by Crippen LogP contribution is -2.46. The standard InChI is InChI=1S/C12H22N2O4S/c1-12(2,3)14(6-4-11(17)18)10(16)5-7-19-8-9(13)15/h4-8H2,1-3H3,(H2,13,15)(H,17,18). The molecule has 0 aromatic heterocycles. The molecule has 110 valence electrons. The maximum absolute atomic E-state index is 12.1. The van der Waals surface area contributed by atoms with Gasteiger partial charge in [0.05, 0.1) is 12.2 Å². The van der Waals surface area contributed by atoms with Gasteiger partial charge in [-0.05, 0) is 20.8 Å². The van der Waals surface area contributed by atoms with E-state index in [0.29, 0.717) is 5.75 Å². The van der Waals surface area contributed by atoms with E-state index >= 15 is 0 Å². The zero-order chi connectivity index (χ0) is 15.1. The Bertz CT molecular complexity index is 339. The summed E-state index contributed by atoms with van der Waals surface area (Å²) in [6.07, 6.45) is 0.201. The normalized spacial score (nSPS) is 11.1. The molecule has 0 radical (unpaired) electrons. The second-order valence-electron chi connectivity index (χ2n) is 5.13. The lowest BCUT2D eigenvalue weighted by Gasteiger charge is -2.35. The van der Waals surface area contributed by atoms with E-state index in [2.05, 4.69) is 0 Å². The average Bonchev–Trinajstić information content (AvgIpc) is 2.22. The first-order valence-corrected chi connectivity index (χ1v) is 7.18. The number of hydrogen-bond acceptors (Lipinski definition) is 4. The molecular formula is C12H22N2O4S. The number of thioether (sulfide) groups is 1. The van der Waals surface area contributed by atoms with E-state index in [0.717, 1.165) is 0 Å². The van der Waals surface area contributed by atoms with Crippen LogP contribution in [0.1, 0.15) is 33.6 Å². The van der Waals surface area contributed by atoms with Gasteiger partial charge in [0.2, 0.25) is 11.8 Å². The molecular weight excluding hydrogens is 268 g/mol. The molecule has 0 aromatic carbocycles. The lowest BCUT2D eigenvalue weighted by molar-refractivity contribution is -0.140.